The van der Waals surface area contributed by atoms with E-state index in [-0.39, 0.29) is 0 Å². The zero-order valence-corrected chi connectivity index (χ0v) is 24.1. The third-order valence-corrected chi connectivity index (χ3v) is 15.6. The van der Waals surface area contributed by atoms with Gasteiger partial charge >= 0.3 is 0 Å². The van der Waals surface area contributed by atoms with Gasteiger partial charge in [0.1, 0.15) is 0 Å². The topological polar surface area (TPSA) is 6.48 Å². The molecular formula is C33H38N2S2. The van der Waals surface area contributed by atoms with Gasteiger partial charge in [0.15, 0.2) is 0 Å². The number of anilines is 4. The van der Waals surface area contributed by atoms with Crippen LogP contribution < -0.4 is 9.80 Å². The van der Waals surface area contributed by atoms with Crippen molar-refractivity contribution in [2.24, 2.45) is 0 Å². The van der Waals surface area contributed by atoms with Crippen LogP contribution in [-0.2, 0) is 0 Å². The van der Waals surface area contributed by atoms with Crippen molar-refractivity contribution in [3.8, 4) is 0 Å². The van der Waals surface area contributed by atoms with Gasteiger partial charge in [-0.25, -0.2) is 0 Å². The molecule has 3 heterocycles. The summed E-state index contributed by atoms with van der Waals surface area (Å²) in [5.74, 6) is 2.77. The lowest BCUT2D eigenvalue weighted by Crippen LogP contribution is -2.25. The lowest BCUT2D eigenvalue weighted by Gasteiger charge is -2.50. The van der Waals surface area contributed by atoms with Gasteiger partial charge in [-0.2, -0.15) is 20.1 Å². The van der Waals surface area contributed by atoms with Crippen molar-refractivity contribution in [3.05, 3.63) is 97.1 Å². The lowest BCUT2D eigenvalue weighted by molar-refractivity contribution is 0.749. The van der Waals surface area contributed by atoms with E-state index >= 15 is 0 Å². The molecule has 0 N–H and O–H groups in total. The van der Waals surface area contributed by atoms with Crippen LogP contribution in [0.4, 0.5) is 22.7 Å². The maximum atomic E-state index is 2.39. The second kappa shape index (κ2) is 9.49. The summed E-state index contributed by atoms with van der Waals surface area (Å²) in [5, 5.41) is 0. The molecule has 3 aliphatic heterocycles. The first-order valence-corrected chi connectivity index (χ1v) is 17.7. The third kappa shape index (κ3) is 3.88. The van der Waals surface area contributed by atoms with Gasteiger partial charge < -0.3 is 9.80 Å². The number of fused-ring (bicyclic) bond motifs is 6. The Balaban J connectivity index is 0.000000138. The molecule has 0 radical (unpaired) electrons. The predicted molar refractivity (Wildman–Crippen MR) is 166 cm³/mol. The molecule has 4 aromatic carbocycles. The average Bonchev–Trinajstić information content (AvgIpc) is 2.96. The van der Waals surface area contributed by atoms with Crippen LogP contribution in [-0.4, -0.2) is 38.1 Å². The molecule has 0 amide bonds. The first-order chi connectivity index (χ1) is 17.9. The van der Waals surface area contributed by atoms with Crippen molar-refractivity contribution < 1.29 is 0 Å². The van der Waals surface area contributed by atoms with Crippen LogP contribution in [0.3, 0.4) is 0 Å². The van der Waals surface area contributed by atoms with E-state index < -0.39 is 20.1 Å². The summed E-state index contributed by atoms with van der Waals surface area (Å²) < 4.78 is 0. The van der Waals surface area contributed by atoms with Crippen molar-refractivity contribution in [2.75, 3.05) is 47.9 Å². The van der Waals surface area contributed by atoms with Gasteiger partial charge in [-0.15, -0.1) is 0 Å². The molecular weight excluding hydrogens is 489 g/mol. The fourth-order valence-corrected chi connectivity index (χ4v) is 13.5. The summed E-state index contributed by atoms with van der Waals surface area (Å²) in [6.07, 6.45) is 8.97. The summed E-state index contributed by atoms with van der Waals surface area (Å²) in [6.45, 7) is 0. The van der Waals surface area contributed by atoms with E-state index in [0.29, 0.717) is 0 Å². The van der Waals surface area contributed by atoms with Gasteiger partial charge in [-0.1, -0.05) is 55.0 Å². The zero-order chi connectivity index (χ0) is 25.6. The normalized spacial score (nSPS) is 19.8. The Hall–Kier alpha value is -2.82. The van der Waals surface area contributed by atoms with Gasteiger partial charge in [0.2, 0.25) is 0 Å². The summed E-state index contributed by atoms with van der Waals surface area (Å²) in [6, 6.07) is 35.7. The molecule has 0 atom stereocenters. The van der Waals surface area contributed by atoms with E-state index in [9.17, 15) is 0 Å². The SMILES string of the molecule is CN1c2ccccc2S(C)(C)c2ccccc21.CN1c2ccccc2S2(CCCCC2)c2ccccc21. The Labute approximate surface area is 226 Å². The largest absolute Gasteiger partial charge is 0.343 e. The molecule has 1 saturated heterocycles. The van der Waals surface area contributed by atoms with E-state index in [1.54, 1.807) is 9.79 Å². The number of nitrogens with zero attached hydrogens (tertiary/aromatic N) is 2. The first-order valence-electron chi connectivity index (χ1n) is 13.3. The maximum absolute atomic E-state index is 2.39. The van der Waals surface area contributed by atoms with Gasteiger partial charge in [0, 0.05) is 33.7 Å². The number of benzene rings is 4. The molecule has 0 aliphatic carbocycles. The lowest BCUT2D eigenvalue weighted by atomic mass is 10.2. The van der Waals surface area contributed by atoms with Crippen molar-refractivity contribution in [3.63, 3.8) is 0 Å². The molecule has 7 rings (SSSR count). The van der Waals surface area contributed by atoms with Crippen molar-refractivity contribution >= 4 is 42.8 Å². The highest BCUT2D eigenvalue weighted by molar-refractivity contribution is 8.34. The van der Waals surface area contributed by atoms with Gasteiger partial charge in [-0.3, -0.25) is 0 Å². The van der Waals surface area contributed by atoms with E-state index in [4.69, 9.17) is 0 Å². The van der Waals surface area contributed by atoms with Crippen LogP contribution >= 0.6 is 20.1 Å². The maximum Gasteiger partial charge on any atom is 0.0534 e. The molecule has 2 nitrogen and oxygen atoms in total. The molecule has 0 bridgehead atoms. The van der Waals surface area contributed by atoms with Crippen molar-refractivity contribution in [2.45, 2.75) is 38.8 Å². The number of hydrogen-bond donors (Lipinski definition) is 0. The molecule has 4 heteroatoms. The van der Waals surface area contributed by atoms with Crippen LogP contribution in [0.25, 0.3) is 0 Å². The van der Waals surface area contributed by atoms with Crippen molar-refractivity contribution in [1.29, 1.82) is 0 Å². The summed E-state index contributed by atoms with van der Waals surface area (Å²) >= 11 is 0. The average molecular weight is 527 g/mol. The molecule has 0 saturated carbocycles. The molecule has 1 fully saturated rings. The quantitative estimate of drug-likeness (QED) is 0.225. The highest BCUT2D eigenvalue weighted by atomic mass is 32.3. The number of para-hydroxylation sites is 4. The molecule has 3 aliphatic rings. The molecule has 1 spiro atoms. The standard InChI is InChI=1S/C18H21NS.C15H17NS/c1-19-15-9-3-5-11-17(15)20(13-7-2-8-14-20)18-12-6-4-10-16(18)19;1-16-12-8-4-6-10-14(12)17(2,3)15-11-7-5-9-13(15)16/h3-6,9-12H,2,7-8,13-14H2,1H3;4-11H,1-3H3. The Kier molecular flexibility index (Phi) is 6.29. The second-order valence-corrected chi connectivity index (χ2v) is 17.7. The fraction of sp³-hybridized carbons (Fsp3) is 0.273. The number of rotatable bonds is 0. The molecule has 0 aromatic heterocycles. The highest BCUT2D eigenvalue weighted by Gasteiger charge is 2.38. The van der Waals surface area contributed by atoms with Gasteiger partial charge in [-0.05, 0) is 85.4 Å². The fourth-order valence-electron chi connectivity index (χ4n) is 6.37. The van der Waals surface area contributed by atoms with E-state index in [1.165, 1.54) is 63.3 Å². The molecule has 0 unspecified atom stereocenters. The van der Waals surface area contributed by atoms with Gasteiger partial charge in [0.05, 0.1) is 22.7 Å². The van der Waals surface area contributed by atoms with Crippen LogP contribution in [0.5, 0.6) is 0 Å². The summed E-state index contributed by atoms with van der Waals surface area (Å²) in [4.78, 5) is 10.9. The van der Waals surface area contributed by atoms with Crippen molar-refractivity contribution in [1.82, 2.24) is 0 Å². The minimum Gasteiger partial charge on any atom is -0.343 e. The monoisotopic (exact) mass is 526 g/mol. The highest BCUT2D eigenvalue weighted by Crippen LogP contribution is 2.72. The minimum atomic E-state index is -0.876. The summed E-state index contributed by atoms with van der Waals surface area (Å²) in [5.41, 5.74) is 5.57. The third-order valence-electron chi connectivity index (χ3n) is 8.33. The van der Waals surface area contributed by atoms with Gasteiger partial charge in [0.25, 0.3) is 0 Å². The van der Waals surface area contributed by atoms with Crippen LogP contribution in [0.1, 0.15) is 19.3 Å². The van der Waals surface area contributed by atoms with Crippen LogP contribution in [0.2, 0.25) is 0 Å². The Morgan fingerprint density at radius 3 is 1.19 bits per heavy atom. The van der Waals surface area contributed by atoms with E-state index in [0.717, 1.165) is 0 Å². The van der Waals surface area contributed by atoms with Crippen LogP contribution in [0, 0.1) is 0 Å². The van der Waals surface area contributed by atoms with E-state index in [1.807, 2.05) is 0 Å². The first kappa shape index (κ1) is 24.5. The molecule has 192 valence electrons. The zero-order valence-electron chi connectivity index (χ0n) is 22.5. The number of hydrogen-bond acceptors (Lipinski definition) is 2. The van der Waals surface area contributed by atoms with Crippen LogP contribution in [0.15, 0.2) is 117 Å². The second-order valence-electron chi connectivity index (χ2n) is 10.7. The smallest absolute Gasteiger partial charge is 0.0534 e. The molecule has 37 heavy (non-hydrogen) atoms. The Bertz CT molecular complexity index is 1340. The van der Waals surface area contributed by atoms with E-state index in [2.05, 4.69) is 133 Å². The Morgan fingerprint density at radius 1 is 0.459 bits per heavy atom. The summed E-state index contributed by atoms with van der Waals surface area (Å²) in [7, 11) is 2.71. The Morgan fingerprint density at radius 2 is 0.784 bits per heavy atom. The minimum absolute atomic E-state index is 0.792. The molecule has 4 aromatic rings. The predicted octanol–water partition coefficient (Wildman–Crippen LogP) is 9.42.